The molecule has 0 saturated heterocycles. The first-order valence-electron chi connectivity index (χ1n) is 9.07. The smallest absolute Gasteiger partial charge is 0.253 e. The zero-order chi connectivity index (χ0) is 19.6. The average molecular weight is 498 g/mol. The van der Waals surface area contributed by atoms with Crippen molar-refractivity contribution in [3.63, 3.8) is 0 Å². The first-order chi connectivity index (χ1) is 13.0. The van der Waals surface area contributed by atoms with Crippen LogP contribution >= 0.6 is 24.0 Å². The molecule has 0 saturated carbocycles. The molecular formula is C21H28FIN4O. The fourth-order valence-electron chi connectivity index (χ4n) is 2.59. The maximum Gasteiger partial charge on any atom is 0.253 e. The maximum atomic E-state index is 13.3. The number of halogens is 2. The van der Waals surface area contributed by atoms with E-state index in [4.69, 9.17) is 0 Å². The van der Waals surface area contributed by atoms with E-state index in [1.54, 1.807) is 25.1 Å². The second-order valence-electron chi connectivity index (χ2n) is 6.40. The van der Waals surface area contributed by atoms with Gasteiger partial charge in [0, 0.05) is 32.7 Å². The zero-order valence-corrected chi connectivity index (χ0v) is 18.9. The van der Waals surface area contributed by atoms with E-state index < -0.39 is 0 Å². The largest absolute Gasteiger partial charge is 0.357 e. The molecule has 5 nitrogen and oxygen atoms in total. The molecule has 2 N–H and O–H groups in total. The van der Waals surface area contributed by atoms with Crippen LogP contribution in [0.2, 0.25) is 0 Å². The summed E-state index contributed by atoms with van der Waals surface area (Å²) in [7, 11) is 3.49. The lowest BCUT2D eigenvalue weighted by atomic mass is 10.1. The van der Waals surface area contributed by atoms with Crippen LogP contribution in [0.5, 0.6) is 0 Å². The predicted octanol–water partition coefficient (Wildman–Crippen LogP) is 3.44. The van der Waals surface area contributed by atoms with Crippen molar-refractivity contribution in [2.75, 3.05) is 27.2 Å². The first kappa shape index (κ1) is 23.9. The molecule has 2 rings (SSSR count). The van der Waals surface area contributed by atoms with Crippen LogP contribution in [0.15, 0.2) is 53.5 Å². The molecule has 28 heavy (non-hydrogen) atoms. The van der Waals surface area contributed by atoms with Gasteiger partial charge in [-0.05, 0) is 48.7 Å². The van der Waals surface area contributed by atoms with Crippen LogP contribution in [0.3, 0.4) is 0 Å². The van der Waals surface area contributed by atoms with Crippen molar-refractivity contribution in [2.45, 2.75) is 19.9 Å². The zero-order valence-electron chi connectivity index (χ0n) is 16.5. The van der Waals surface area contributed by atoms with Gasteiger partial charge in [-0.25, -0.2) is 9.38 Å². The standard InChI is InChI=1S/C21H27FN4O.HI/c1-4-23-21(25-15-17-8-6-10-19(22)14-17)24-12-11-16-7-5-9-18(13-16)20(27)26(2)3;/h5-10,13-14H,4,11-12,15H2,1-3H3,(H2,23,24,25);1H. The molecule has 2 aromatic rings. The molecule has 0 radical (unpaired) electrons. The lowest BCUT2D eigenvalue weighted by molar-refractivity contribution is 0.0827. The molecule has 0 heterocycles. The van der Waals surface area contributed by atoms with Gasteiger partial charge in [0.2, 0.25) is 0 Å². The highest BCUT2D eigenvalue weighted by Gasteiger charge is 2.08. The third-order valence-electron chi connectivity index (χ3n) is 3.94. The molecule has 0 aromatic heterocycles. The van der Waals surface area contributed by atoms with Crippen molar-refractivity contribution in [1.82, 2.24) is 15.5 Å². The predicted molar refractivity (Wildman–Crippen MR) is 123 cm³/mol. The van der Waals surface area contributed by atoms with E-state index in [1.807, 2.05) is 37.3 Å². The summed E-state index contributed by atoms with van der Waals surface area (Å²) in [5, 5.41) is 6.46. The van der Waals surface area contributed by atoms with E-state index in [0.29, 0.717) is 24.6 Å². The maximum absolute atomic E-state index is 13.3. The Morgan fingerprint density at radius 2 is 1.79 bits per heavy atom. The molecule has 0 aliphatic rings. The quantitative estimate of drug-likeness (QED) is 0.350. The third kappa shape index (κ3) is 7.84. The van der Waals surface area contributed by atoms with Gasteiger partial charge in [0.05, 0.1) is 6.54 Å². The summed E-state index contributed by atoms with van der Waals surface area (Å²) in [5.41, 5.74) is 2.59. The highest BCUT2D eigenvalue weighted by Crippen LogP contribution is 2.08. The van der Waals surface area contributed by atoms with E-state index in [1.165, 1.54) is 12.1 Å². The number of amides is 1. The highest BCUT2D eigenvalue weighted by atomic mass is 127. The summed E-state index contributed by atoms with van der Waals surface area (Å²) >= 11 is 0. The van der Waals surface area contributed by atoms with Crippen LogP contribution in [0.4, 0.5) is 4.39 Å². The van der Waals surface area contributed by atoms with Crippen molar-refractivity contribution in [2.24, 2.45) is 4.99 Å². The molecule has 0 spiro atoms. The van der Waals surface area contributed by atoms with Crippen LogP contribution in [0, 0.1) is 5.82 Å². The number of benzene rings is 2. The summed E-state index contributed by atoms with van der Waals surface area (Å²) in [5.74, 6) is 0.421. The number of nitrogens with zero attached hydrogens (tertiary/aromatic N) is 2. The number of carbonyl (C=O) groups excluding carboxylic acids is 1. The second-order valence-corrected chi connectivity index (χ2v) is 6.40. The molecular weight excluding hydrogens is 470 g/mol. The van der Waals surface area contributed by atoms with Gasteiger partial charge in [0.1, 0.15) is 5.82 Å². The van der Waals surface area contributed by atoms with Gasteiger partial charge in [-0.2, -0.15) is 0 Å². The summed E-state index contributed by atoms with van der Waals surface area (Å²) in [6.07, 6.45) is 0.763. The Bertz CT molecular complexity index is 795. The third-order valence-corrected chi connectivity index (χ3v) is 3.94. The molecule has 0 bridgehead atoms. The number of nitrogens with one attached hydrogen (secondary N) is 2. The van der Waals surface area contributed by atoms with Crippen LogP contribution < -0.4 is 10.6 Å². The van der Waals surface area contributed by atoms with Crippen LogP contribution in [-0.2, 0) is 13.0 Å². The normalized spacial score (nSPS) is 10.8. The minimum absolute atomic E-state index is 0. The van der Waals surface area contributed by atoms with E-state index in [9.17, 15) is 9.18 Å². The minimum atomic E-state index is -0.257. The summed E-state index contributed by atoms with van der Waals surface area (Å²) < 4.78 is 13.3. The van der Waals surface area contributed by atoms with Gasteiger partial charge in [-0.15, -0.1) is 24.0 Å². The summed E-state index contributed by atoms with van der Waals surface area (Å²) in [4.78, 5) is 18.1. The van der Waals surface area contributed by atoms with E-state index in [-0.39, 0.29) is 35.7 Å². The van der Waals surface area contributed by atoms with Crippen molar-refractivity contribution in [1.29, 1.82) is 0 Å². The topological polar surface area (TPSA) is 56.7 Å². The first-order valence-corrected chi connectivity index (χ1v) is 9.07. The Balaban J connectivity index is 0.00000392. The molecule has 1 amide bonds. The molecule has 0 fully saturated rings. The van der Waals surface area contributed by atoms with Crippen molar-refractivity contribution < 1.29 is 9.18 Å². The number of guanidine groups is 1. The van der Waals surface area contributed by atoms with Crippen LogP contribution in [-0.4, -0.2) is 44.0 Å². The van der Waals surface area contributed by atoms with Gasteiger partial charge in [0.15, 0.2) is 5.96 Å². The summed E-state index contributed by atoms with van der Waals surface area (Å²) in [6, 6.07) is 14.1. The minimum Gasteiger partial charge on any atom is -0.357 e. The molecule has 2 aromatic carbocycles. The molecule has 0 aliphatic carbocycles. The fraction of sp³-hybridized carbons (Fsp3) is 0.333. The Kier molecular flexibility index (Phi) is 10.5. The number of hydrogen-bond donors (Lipinski definition) is 2. The van der Waals surface area contributed by atoms with Gasteiger partial charge in [-0.1, -0.05) is 24.3 Å². The number of hydrogen-bond acceptors (Lipinski definition) is 2. The highest BCUT2D eigenvalue weighted by molar-refractivity contribution is 14.0. The molecule has 0 unspecified atom stereocenters. The van der Waals surface area contributed by atoms with Gasteiger partial charge < -0.3 is 15.5 Å². The van der Waals surface area contributed by atoms with E-state index in [2.05, 4.69) is 15.6 Å². The number of aliphatic imine (C=N–C) groups is 1. The van der Waals surface area contributed by atoms with Crippen molar-refractivity contribution >= 4 is 35.8 Å². The monoisotopic (exact) mass is 498 g/mol. The van der Waals surface area contributed by atoms with Crippen LogP contribution in [0.1, 0.15) is 28.4 Å². The van der Waals surface area contributed by atoms with Gasteiger partial charge in [0.25, 0.3) is 5.91 Å². The molecule has 0 aliphatic heterocycles. The SMILES string of the molecule is CCNC(=NCc1cccc(F)c1)NCCc1cccc(C(=O)N(C)C)c1.I. The number of rotatable bonds is 7. The Hall–Kier alpha value is -2.16. The lowest BCUT2D eigenvalue weighted by Crippen LogP contribution is -2.38. The van der Waals surface area contributed by atoms with Crippen molar-refractivity contribution in [3.8, 4) is 0 Å². The average Bonchev–Trinajstić information content (AvgIpc) is 2.65. The summed E-state index contributed by atoms with van der Waals surface area (Å²) in [6.45, 7) is 3.81. The molecule has 152 valence electrons. The second kappa shape index (κ2) is 12.3. The van der Waals surface area contributed by atoms with E-state index in [0.717, 1.165) is 24.1 Å². The van der Waals surface area contributed by atoms with Crippen LogP contribution in [0.25, 0.3) is 0 Å². The lowest BCUT2D eigenvalue weighted by Gasteiger charge is -2.13. The molecule has 7 heteroatoms. The fourth-order valence-corrected chi connectivity index (χ4v) is 2.59. The Labute approximate surface area is 183 Å². The van der Waals surface area contributed by atoms with Crippen molar-refractivity contribution in [3.05, 3.63) is 71.0 Å². The molecule has 0 atom stereocenters. The van der Waals surface area contributed by atoms with Gasteiger partial charge in [-0.3, -0.25) is 4.79 Å². The Morgan fingerprint density at radius 1 is 1.07 bits per heavy atom. The number of carbonyl (C=O) groups is 1. The Morgan fingerprint density at radius 3 is 2.46 bits per heavy atom. The van der Waals surface area contributed by atoms with Gasteiger partial charge >= 0.3 is 0 Å². The van der Waals surface area contributed by atoms with E-state index >= 15 is 0 Å².